The highest BCUT2D eigenvalue weighted by molar-refractivity contribution is 8.16. The third kappa shape index (κ3) is 4.58. The summed E-state index contributed by atoms with van der Waals surface area (Å²) in [6, 6.07) is 9.22. The van der Waals surface area contributed by atoms with Crippen molar-refractivity contribution in [3.05, 3.63) is 58.5 Å². The normalized spacial score (nSPS) is 15.0. The van der Waals surface area contributed by atoms with Crippen LogP contribution in [0.5, 0.6) is 5.75 Å². The lowest BCUT2D eigenvalue weighted by Gasteiger charge is -2.21. The second-order valence-electron chi connectivity index (χ2n) is 5.26. The fraction of sp³-hybridized carbons (Fsp3) is 0.294. The maximum atomic E-state index is 11.9. The molecule has 1 aromatic carbocycles. The van der Waals surface area contributed by atoms with Gasteiger partial charge >= 0.3 is 0 Å². The van der Waals surface area contributed by atoms with Gasteiger partial charge in [-0.05, 0) is 35.6 Å². The molecule has 0 spiro atoms. The minimum Gasteiger partial charge on any atom is -0.484 e. The lowest BCUT2D eigenvalue weighted by Crippen LogP contribution is -2.23. The predicted molar refractivity (Wildman–Crippen MR) is 99.9 cm³/mol. The van der Waals surface area contributed by atoms with Crippen LogP contribution in [0.4, 0.5) is 5.69 Å². The van der Waals surface area contributed by atoms with Crippen molar-refractivity contribution in [1.29, 1.82) is 0 Å². The molecule has 1 aliphatic rings. The van der Waals surface area contributed by atoms with Gasteiger partial charge in [-0.2, -0.15) is 0 Å². The zero-order valence-electron chi connectivity index (χ0n) is 13.0. The number of aromatic amines is 1. The van der Waals surface area contributed by atoms with E-state index in [2.05, 4.69) is 10.3 Å². The van der Waals surface area contributed by atoms with Crippen molar-refractivity contribution in [3.8, 4) is 5.75 Å². The third-order valence-corrected chi connectivity index (χ3v) is 6.46. The Balaban J connectivity index is 1.52. The second kappa shape index (κ2) is 8.30. The van der Waals surface area contributed by atoms with Gasteiger partial charge in [0.25, 0.3) is 5.91 Å². The van der Waals surface area contributed by atoms with Crippen LogP contribution in [0.2, 0.25) is 0 Å². The van der Waals surface area contributed by atoms with Gasteiger partial charge in [0.2, 0.25) is 5.43 Å². The molecular weight excluding hydrogens is 344 g/mol. The highest BCUT2D eigenvalue weighted by Gasteiger charge is 2.16. The first-order valence-corrected chi connectivity index (χ1v) is 9.75. The van der Waals surface area contributed by atoms with E-state index in [0.29, 0.717) is 10.3 Å². The molecule has 0 bridgehead atoms. The van der Waals surface area contributed by atoms with Crippen LogP contribution in [0.25, 0.3) is 0 Å². The van der Waals surface area contributed by atoms with E-state index in [0.717, 1.165) is 0 Å². The average molecular weight is 362 g/mol. The monoisotopic (exact) mass is 362 g/mol. The number of pyridine rings is 1. The van der Waals surface area contributed by atoms with Crippen molar-refractivity contribution in [2.45, 2.75) is 11.0 Å². The van der Waals surface area contributed by atoms with Crippen molar-refractivity contribution >= 4 is 35.1 Å². The van der Waals surface area contributed by atoms with E-state index >= 15 is 0 Å². The van der Waals surface area contributed by atoms with Gasteiger partial charge in [-0.3, -0.25) is 9.59 Å². The molecule has 0 radical (unpaired) electrons. The Morgan fingerprint density at radius 3 is 2.67 bits per heavy atom. The Labute approximate surface area is 148 Å². The number of hydrogen-bond donors (Lipinski definition) is 2. The number of H-pyrrole nitrogens is 1. The highest BCUT2D eigenvalue weighted by Crippen LogP contribution is 2.43. The zero-order valence-corrected chi connectivity index (χ0v) is 14.6. The number of benzene rings is 1. The van der Waals surface area contributed by atoms with E-state index in [1.807, 2.05) is 47.8 Å². The molecule has 1 aliphatic heterocycles. The Hall–Kier alpha value is -1.86. The third-order valence-electron chi connectivity index (χ3n) is 3.45. The fourth-order valence-corrected chi connectivity index (χ4v) is 5.14. The fourth-order valence-electron chi connectivity index (χ4n) is 2.25. The number of carbonyl (C=O) groups is 1. The summed E-state index contributed by atoms with van der Waals surface area (Å²) >= 11 is 3.94. The number of anilines is 1. The summed E-state index contributed by atoms with van der Waals surface area (Å²) in [5.41, 5.74) is 1.25. The minimum absolute atomic E-state index is 0.138. The summed E-state index contributed by atoms with van der Waals surface area (Å²) in [7, 11) is 0. The van der Waals surface area contributed by atoms with Crippen LogP contribution in [0.1, 0.15) is 16.6 Å². The molecule has 0 aliphatic carbocycles. The molecule has 2 aromatic rings. The first-order valence-electron chi connectivity index (χ1n) is 7.65. The number of rotatable bonds is 5. The molecule has 5 nitrogen and oxygen atoms in total. The van der Waals surface area contributed by atoms with E-state index in [4.69, 9.17) is 4.74 Å². The predicted octanol–water partition coefficient (Wildman–Crippen LogP) is 3.26. The molecule has 1 aromatic heterocycles. The first kappa shape index (κ1) is 17.0. The summed E-state index contributed by atoms with van der Waals surface area (Å²) in [5, 5.41) is 2.53. The van der Waals surface area contributed by atoms with Gasteiger partial charge in [-0.1, -0.05) is 12.1 Å². The average Bonchev–Trinajstić information content (AvgIpc) is 2.63. The summed E-state index contributed by atoms with van der Waals surface area (Å²) in [6.07, 6.45) is 4.24. The van der Waals surface area contributed by atoms with Gasteiger partial charge in [0.05, 0.1) is 4.58 Å². The first-order chi connectivity index (χ1) is 11.7. The van der Waals surface area contributed by atoms with Crippen molar-refractivity contribution < 1.29 is 9.53 Å². The van der Waals surface area contributed by atoms with Gasteiger partial charge in [0.15, 0.2) is 6.61 Å². The molecule has 24 heavy (non-hydrogen) atoms. The van der Waals surface area contributed by atoms with Crippen LogP contribution in [0, 0.1) is 0 Å². The Kier molecular flexibility index (Phi) is 5.87. The van der Waals surface area contributed by atoms with Crippen molar-refractivity contribution in [3.63, 3.8) is 0 Å². The van der Waals surface area contributed by atoms with Gasteiger partial charge < -0.3 is 15.0 Å². The van der Waals surface area contributed by atoms with E-state index in [9.17, 15) is 9.59 Å². The van der Waals surface area contributed by atoms with Gasteiger partial charge in [-0.25, -0.2) is 0 Å². The molecule has 0 saturated carbocycles. The summed E-state index contributed by atoms with van der Waals surface area (Å²) in [4.78, 5) is 26.2. The number of carbonyl (C=O) groups excluding carboxylic acids is 1. The number of aromatic nitrogens is 1. The number of thioether (sulfide) groups is 2. The Morgan fingerprint density at radius 1 is 1.21 bits per heavy atom. The summed E-state index contributed by atoms with van der Waals surface area (Å²) in [5.74, 6) is 2.68. The van der Waals surface area contributed by atoms with Crippen molar-refractivity contribution in [2.24, 2.45) is 0 Å². The number of nitrogens with one attached hydrogen (secondary N) is 2. The van der Waals surface area contributed by atoms with Crippen LogP contribution < -0.4 is 15.5 Å². The molecule has 2 N–H and O–H groups in total. The van der Waals surface area contributed by atoms with Gasteiger partial charge in [0, 0.05) is 18.5 Å². The Morgan fingerprint density at radius 2 is 1.96 bits per heavy atom. The smallest absolute Gasteiger partial charge is 0.262 e. The lowest BCUT2D eigenvalue weighted by molar-refractivity contribution is -0.118. The van der Waals surface area contributed by atoms with Gasteiger partial charge in [0.1, 0.15) is 11.4 Å². The minimum atomic E-state index is -0.367. The molecule has 2 heterocycles. The van der Waals surface area contributed by atoms with Crippen LogP contribution in [-0.2, 0) is 4.79 Å². The highest BCUT2D eigenvalue weighted by atomic mass is 32.2. The molecule has 0 atom stereocenters. The quantitative estimate of drug-likeness (QED) is 0.854. The molecule has 1 saturated heterocycles. The molecule has 1 amide bonds. The van der Waals surface area contributed by atoms with Crippen LogP contribution in [0.15, 0.2) is 47.5 Å². The standard InChI is InChI=1S/C17H18N2O3S2/c20-15-6-7-18-10-14(15)19-16(21)11-22-13-4-2-12(3-5-13)17-23-8-1-9-24-17/h2-7,10,17H,1,8-9,11H2,(H,18,20)(H,19,21). The summed E-state index contributed by atoms with van der Waals surface area (Å²) in [6.45, 7) is -0.138. The molecule has 0 unspecified atom stereocenters. The summed E-state index contributed by atoms with van der Waals surface area (Å²) < 4.78 is 5.97. The van der Waals surface area contributed by atoms with Crippen LogP contribution in [-0.4, -0.2) is 29.0 Å². The molecule has 3 rings (SSSR count). The lowest BCUT2D eigenvalue weighted by atomic mass is 10.2. The van der Waals surface area contributed by atoms with Crippen molar-refractivity contribution in [2.75, 3.05) is 23.4 Å². The van der Waals surface area contributed by atoms with Gasteiger partial charge in [-0.15, -0.1) is 23.5 Å². The number of hydrogen-bond acceptors (Lipinski definition) is 5. The van der Waals surface area contributed by atoms with Crippen molar-refractivity contribution in [1.82, 2.24) is 4.98 Å². The zero-order chi connectivity index (χ0) is 16.8. The maximum Gasteiger partial charge on any atom is 0.262 e. The SMILES string of the molecule is O=C(COc1ccc(C2SCCCS2)cc1)Nc1c[nH]ccc1=O. The maximum absolute atomic E-state index is 11.9. The van der Waals surface area contributed by atoms with Crippen LogP contribution >= 0.6 is 23.5 Å². The molecular formula is C17H18N2O3S2. The van der Waals surface area contributed by atoms with E-state index in [1.54, 1.807) is 0 Å². The van der Waals surface area contributed by atoms with E-state index in [1.165, 1.54) is 42.0 Å². The van der Waals surface area contributed by atoms with E-state index in [-0.39, 0.29) is 23.6 Å². The molecule has 7 heteroatoms. The topological polar surface area (TPSA) is 71.2 Å². The molecule has 1 fully saturated rings. The number of amides is 1. The van der Waals surface area contributed by atoms with Crippen LogP contribution in [0.3, 0.4) is 0 Å². The Bertz CT molecular complexity index is 740. The number of ether oxygens (including phenoxy) is 1. The second-order valence-corrected chi connectivity index (χ2v) is 7.98. The van der Waals surface area contributed by atoms with E-state index < -0.39 is 0 Å². The largest absolute Gasteiger partial charge is 0.484 e. The molecule has 126 valence electrons.